The molecule has 2 heterocycles. The van der Waals surface area contributed by atoms with Crippen LogP contribution in [0.3, 0.4) is 0 Å². The Hall–Kier alpha value is -1.10. The molecule has 2 amide bonds. The molecular formula is C9H15N3O2. The number of carbonyl (C=O) groups is 2. The average molecular weight is 197 g/mol. The van der Waals surface area contributed by atoms with E-state index < -0.39 is 0 Å². The molecular weight excluding hydrogens is 182 g/mol. The number of nitrogens with zero attached hydrogens (tertiary/aromatic N) is 1. The second-order valence-corrected chi connectivity index (χ2v) is 3.72. The van der Waals surface area contributed by atoms with Crippen LogP contribution in [0.25, 0.3) is 0 Å². The summed E-state index contributed by atoms with van der Waals surface area (Å²) in [5.74, 6) is 0.189. The van der Waals surface area contributed by atoms with E-state index >= 15 is 0 Å². The highest BCUT2D eigenvalue weighted by molar-refractivity contribution is 5.84. The van der Waals surface area contributed by atoms with E-state index in [1.165, 1.54) is 0 Å². The van der Waals surface area contributed by atoms with Crippen LogP contribution in [0, 0.1) is 0 Å². The Morgan fingerprint density at radius 2 is 2.14 bits per heavy atom. The van der Waals surface area contributed by atoms with Gasteiger partial charge in [0.05, 0.1) is 6.04 Å². The Morgan fingerprint density at radius 3 is 2.79 bits per heavy atom. The Balaban J connectivity index is 1.89. The van der Waals surface area contributed by atoms with E-state index in [0.29, 0.717) is 26.1 Å². The van der Waals surface area contributed by atoms with Crippen molar-refractivity contribution in [2.75, 3.05) is 26.2 Å². The van der Waals surface area contributed by atoms with Crippen LogP contribution in [0.2, 0.25) is 0 Å². The van der Waals surface area contributed by atoms with Gasteiger partial charge in [-0.25, -0.2) is 0 Å². The number of rotatable bonds is 1. The average Bonchev–Trinajstić information content (AvgIpc) is 2.26. The molecule has 1 unspecified atom stereocenters. The lowest BCUT2D eigenvalue weighted by molar-refractivity contribution is -0.135. The molecule has 0 aromatic heterocycles. The predicted molar refractivity (Wildman–Crippen MR) is 50.6 cm³/mol. The van der Waals surface area contributed by atoms with E-state index in [0.717, 1.165) is 13.0 Å². The van der Waals surface area contributed by atoms with E-state index in [-0.39, 0.29) is 17.9 Å². The standard InChI is InChI=1S/C9H15N3O2/c13-8-2-5-12(6-4-11-8)9(14)7-1-3-10-7/h7,10H,1-6H2,(H,11,13). The Labute approximate surface area is 82.8 Å². The molecule has 0 aliphatic carbocycles. The molecule has 0 saturated carbocycles. The van der Waals surface area contributed by atoms with Gasteiger partial charge in [0.1, 0.15) is 0 Å². The van der Waals surface area contributed by atoms with Crippen molar-refractivity contribution in [3.8, 4) is 0 Å². The number of hydrogen-bond acceptors (Lipinski definition) is 3. The molecule has 5 nitrogen and oxygen atoms in total. The van der Waals surface area contributed by atoms with Crippen molar-refractivity contribution >= 4 is 11.8 Å². The van der Waals surface area contributed by atoms with Gasteiger partial charge in [-0.3, -0.25) is 9.59 Å². The lowest BCUT2D eigenvalue weighted by Crippen LogP contribution is -2.54. The molecule has 0 spiro atoms. The van der Waals surface area contributed by atoms with Crippen molar-refractivity contribution in [3.63, 3.8) is 0 Å². The van der Waals surface area contributed by atoms with E-state index in [4.69, 9.17) is 0 Å². The van der Waals surface area contributed by atoms with Gasteiger partial charge in [0.25, 0.3) is 0 Å². The first-order chi connectivity index (χ1) is 6.77. The zero-order valence-electron chi connectivity index (χ0n) is 8.08. The molecule has 0 radical (unpaired) electrons. The maximum atomic E-state index is 11.8. The number of amides is 2. The molecule has 2 aliphatic heterocycles. The van der Waals surface area contributed by atoms with Crippen molar-refractivity contribution in [2.24, 2.45) is 0 Å². The SMILES string of the molecule is O=C1CCN(C(=O)C2CCN2)CCN1. The minimum absolute atomic E-state index is 0.00296. The van der Waals surface area contributed by atoms with Crippen LogP contribution < -0.4 is 10.6 Å². The molecule has 2 saturated heterocycles. The van der Waals surface area contributed by atoms with Crippen LogP contribution in [-0.4, -0.2) is 48.9 Å². The summed E-state index contributed by atoms with van der Waals surface area (Å²) in [6, 6.07) is 0.00296. The molecule has 0 bridgehead atoms. The summed E-state index contributed by atoms with van der Waals surface area (Å²) in [5.41, 5.74) is 0. The third-order valence-corrected chi connectivity index (χ3v) is 2.75. The quantitative estimate of drug-likeness (QED) is 0.549. The van der Waals surface area contributed by atoms with Crippen LogP contribution in [0.5, 0.6) is 0 Å². The molecule has 0 aromatic carbocycles. The van der Waals surface area contributed by atoms with Crippen molar-refractivity contribution < 1.29 is 9.59 Å². The van der Waals surface area contributed by atoms with Crippen molar-refractivity contribution in [1.82, 2.24) is 15.5 Å². The van der Waals surface area contributed by atoms with Crippen molar-refractivity contribution in [2.45, 2.75) is 18.9 Å². The minimum Gasteiger partial charge on any atom is -0.354 e. The van der Waals surface area contributed by atoms with E-state index in [2.05, 4.69) is 10.6 Å². The van der Waals surface area contributed by atoms with Gasteiger partial charge < -0.3 is 15.5 Å². The van der Waals surface area contributed by atoms with Crippen LogP contribution in [0.1, 0.15) is 12.8 Å². The maximum Gasteiger partial charge on any atom is 0.239 e. The van der Waals surface area contributed by atoms with Gasteiger partial charge in [-0.2, -0.15) is 0 Å². The lowest BCUT2D eigenvalue weighted by Gasteiger charge is -2.31. The largest absolute Gasteiger partial charge is 0.354 e. The van der Waals surface area contributed by atoms with Crippen molar-refractivity contribution in [1.29, 1.82) is 0 Å². The van der Waals surface area contributed by atoms with Gasteiger partial charge in [-0.1, -0.05) is 0 Å². The molecule has 14 heavy (non-hydrogen) atoms. The second kappa shape index (κ2) is 3.96. The van der Waals surface area contributed by atoms with E-state index in [1.807, 2.05) is 0 Å². The van der Waals surface area contributed by atoms with Crippen LogP contribution in [0.15, 0.2) is 0 Å². The summed E-state index contributed by atoms with van der Waals surface area (Å²) in [6.45, 7) is 2.71. The fraction of sp³-hybridized carbons (Fsp3) is 0.778. The molecule has 78 valence electrons. The van der Waals surface area contributed by atoms with Gasteiger partial charge in [-0.05, 0) is 13.0 Å². The summed E-state index contributed by atoms with van der Waals surface area (Å²) in [7, 11) is 0. The number of hydrogen-bond donors (Lipinski definition) is 2. The summed E-state index contributed by atoms with van der Waals surface area (Å²) >= 11 is 0. The molecule has 0 aromatic rings. The summed E-state index contributed by atoms with van der Waals surface area (Å²) in [6.07, 6.45) is 1.36. The van der Waals surface area contributed by atoms with E-state index in [1.54, 1.807) is 4.90 Å². The predicted octanol–water partition coefficient (Wildman–Crippen LogP) is -1.30. The van der Waals surface area contributed by atoms with Gasteiger partial charge in [0.15, 0.2) is 0 Å². The highest BCUT2D eigenvalue weighted by Gasteiger charge is 2.29. The van der Waals surface area contributed by atoms with Crippen molar-refractivity contribution in [3.05, 3.63) is 0 Å². The maximum absolute atomic E-state index is 11.8. The van der Waals surface area contributed by atoms with Crippen LogP contribution in [-0.2, 0) is 9.59 Å². The zero-order chi connectivity index (χ0) is 9.97. The van der Waals surface area contributed by atoms with Crippen LogP contribution in [0.4, 0.5) is 0 Å². The monoisotopic (exact) mass is 197 g/mol. The van der Waals surface area contributed by atoms with Gasteiger partial charge >= 0.3 is 0 Å². The number of carbonyl (C=O) groups excluding carboxylic acids is 2. The molecule has 1 atom stereocenters. The first kappa shape index (κ1) is 9.45. The molecule has 2 aliphatic rings. The second-order valence-electron chi connectivity index (χ2n) is 3.72. The fourth-order valence-corrected chi connectivity index (χ4v) is 1.71. The first-order valence-corrected chi connectivity index (χ1v) is 5.06. The molecule has 2 fully saturated rings. The minimum atomic E-state index is 0.00296. The third kappa shape index (κ3) is 1.87. The summed E-state index contributed by atoms with van der Waals surface area (Å²) < 4.78 is 0. The molecule has 2 N–H and O–H groups in total. The highest BCUT2D eigenvalue weighted by atomic mass is 16.2. The summed E-state index contributed by atoms with van der Waals surface area (Å²) in [4.78, 5) is 24.6. The van der Waals surface area contributed by atoms with Crippen LogP contribution >= 0.6 is 0 Å². The third-order valence-electron chi connectivity index (χ3n) is 2.75. The zero-order valence-corrected chi connectivity index (χ0v) is 8.08. The topological polar surface area (TPSA) is 61.4 Å². The van der Waals surface area contributed by atoms with E-state index in [9.17, 15) is 9.59 Å². The number of nitrogens with one attached hydrogen (secondary N) is 2. The fourth-order valence-electron chi connectivity index (χ4n) is 1.71. The Morgan fingerprint density at radius 1 is 1.36 bits per heavy atom. The summed E-state index contributed by atoms with van der Waals surface area (Å²) in [5, 5.41) is 5.83. The smallest absolute Gasteiger partial charge is 0.239 e. The lowest BCUT2D eigenvalue weighted by atomic mass is 10.1. The normalized spacial score (nSPS) is 27.6. The molecule has 5 heteroatoms. The molecule has 2 rings (SSSR count). The highest BCUT2D eigenvalue weighted by Crippen LogP contribution is 2.08. The van der Waals surface area contributed by atoms with Gasteiger partial charge in [0, 0.05) is 26.1 Å². The Bertz CT molecular complexity index is 250. The Kier molecular flexibility index (Phi) is 2.67. The van der Waals surface area contributed by atoms with Gasteiger partial charge in [0.2, 0.25) is 11.8 Å². The first-order valence-electron chi connectivity index (χ1n) is 5.06. The van der Waals surface area contributed by atoms with Gasteiger partial charge in [-0.15, -0.1) is 0 Å².